The molecule has 4 heteroatoms. The van der Waals surface area contributed by atoms with Crippen LogP contribution in [-0.4, -0.2) is 14.2 Å². The van der Waals surface area contributed by atoms with Crippen molar-refractivity contribution in [2.24, 2.45) is 0 Å². The Morgan fingerprint density at radius 3 is 2.44 bits per heavy atom. The first-order valence-corrected chi connectivity index (χ1v) is 6.11. The number of nitrogens with zero attached hydrogens (tertiary/aromatic N) is 2. The van der Waals surface area contributed by atoms with Crippen LogP contribution in [-0.2, 0) is 10.8 Å². The van der Waals surface area contributed by atoms with Crippen LogP contribution in [0.3, 0.4) is 0 Å². The Labute approximate surface area is 93.6 Å². The zero-order valence-electron chi connectivity index (χ0n) is 8.18. The Bertz CT molecular complexity index is 782. The van der Waals surface area contributed by atoms with E-state index in [0.717, 1.165) is 31.9 Å². The minimum Gasteiger partial charge on any atom is -0.249 e. The van der Waals surface area contributed by atoms with Gasteiger partial charge in [-0.1, -0.05) is 12.1 Å². The molecule has 0 aliphatic carbocycles. The SMILES string of the molecule is O=S1c2ccc3nc4ccccc4nc3c21. The molecule has 1 unspecified atom stereocenters. The molecule has 0 fully saturated rings. The van der Waals surface area contributed by atoms with E-state index in [1.165, 1.54) is 0 Å². The first-order chi connectivity index (χ1) is 7.84. The number of fused-ring (bicyclic) bond motifs is 4. The minimum absolute atomic E-state index is 0.787. The molecule has 1 aromatic heterocycles. The van der Waals surface area contributed by atoms with Gasteiger partial charge >= 0.3 is 0 Å². The van der Waals surface area contributed by atoms with Crippen LogP contribution in [0.1, 0.15) is 0 Å². The minimum atomic E-state index is -0.934. The standard InChI is InChI=1S/C12H6N2OS/c15-16-10-6-5-9-11(12(10)16)14-8-4-2-1-3-7(8)13-9/h1-6H. The molecule has 0 amide bonds. The molecule has 2 aromatic carbocycles. The van der Waals surface area contributed by atoms with Crippen LogP contribution < -0.4 is 0 Å². The van der Waals surface area contributed by atoms with Crippen LogP contribution in [0.2, 0.25) is 0 Å². The predicted octanol–water partition coefficient (Wildman–Crippen LogP) is 2.26. The summed E-state index contributed by atoms with van der Waals surface area (Å²) in [4.78, 5) is 10.8. The molecule has 0 bridgehead atoms. The number of hydrogen-bond donors (Lipinski definition) is 0. The van der Waals surface area contributed by atoms with E-state index >= 15 is 0 Å². The van der Waals surface area contributed by atoms with Crippen molar-refractivity contribution in [1.82, 2.24) is 9.97 Å². The summed E-state index contributed by atoms with van der Waals surface area (Å²) >= 11 is 0. The van der Waals surface area contributed by atoms with Crippen LogP contribution in [0, 0.1) is 0 Å². The van der Waals surface area contributed by atoms with Crippen molar-refractivity contribution in [3.05, 3.63) is 36.4 Å². The third kappa shape index (κ3) is 0.945. The summed E-state index contributed by atoms with van der Waals surface area (Å²) in [6.45, 7) is 0. The van der Waals surface area contributed by atoms with Crippen molar-refractivity contribution in [1.29, 1.82) is 0 Å². The molecule has 1 atom stereocenters. The van der Waals surface area contributed by atoms with Crippen molar-refractivity contribution in [2.45, 2.75) is 9.79 Å². The van der Waals surface area contributed by atoms with Gasteiger partial charge in [-0.15, -0.1) is 0 Å². The van der Waals surface area contributed by atoms with Gasteiger partial charge in [0.15, 0.2) is 0 Å². The normalized spacial score (nSPS) is 17.6. The number of rotatable bonds is 0. The maximum Gasteiger partial charge on any atom is 0.107 e. The van der Waals surface area contributed by atoms with E-state index < -0.39 is 10.8 Å². The molecule has 0 spiro atoms. The zero-order valence-corrected chi connectivity index (χ0v) is 8.99. The fraction of sp³-hybridized carbons (Fsp3) is 0. The number of hydrogen-bond acceptors (Lipinski definition) is 3. The Morgan fingerprint density at radius 1 is 0.875 bits per heavy atom. The fourth-order valence-corrected chi connectivity index (χ4v) is 3.02. The highest BCUT2D eigenvalue weighted by molar-refractivity contribution is 7.91. The maximum atomic E-state index is 11.5. The van der Waals surface area contributed by atoms with Gasteiger partial charge in [-0.2, -0.15) is 0 Å². The predicted molar refractivity (Wildman–Crippen MR) is 61.7 cm³/mol. The highest BCUT2D eigenvalue weighted by Gasteiger charge is 2.32. The van der Waals surface area contributed by atoms with Crippen molar-refractivity contribution < 1.29 is 4.21 Å². The highest BCUT2D eigenvalue weighted by atomic mass is 32.2. The number of para-hydroxylation sites is 2. The van der Waals surface area contributed by atoms with Gasteiger partial charge in [-0.05, 0) is 24.3 Å². The van der Waals surface area contributed by atoms with Crippen LogP contribution in [0.25, 0.3) is 22.1 Å². The summed E-state index contributed by atoms with van der Waals surface area (Å²) in [5, 5.41) is 0. The summed E-state index contributed by atoms with van der Waals surface area (Å²) in [7, 11) is -0.934. The van der Waals surface area contributed by atoms with Crippen molar-refractivity contribution in [3.63, 3.8) is 0 Å². The molecule has 3 aromatic rings. The van der Waals surface area contributed by atoms with E-state index in [4.69, 9.17) is 0 Å². The van der Waals surface area contributed by atoms with E-state index in [1.807, 2.05) is 36.4 Å². The molecule has 0 saturated heterocycles. The highest BCUT2D eigenvalue weighted by Crippen LogP contribution is 2.40. The Balaban J connectivity index is 2.24. The molecule has 0 saturated carbocycles. The van der Waals surface area contributed by atoms with Gasteiger partial charge in [0.05, 0.1) is 37.1 Å². The van der Waals surface area contributed by atoms with Gasteiger partial charge in [-0.3, -0.25) is 0 Å². The average molecular weight is 226 g/mol. The quantitative estimate of drug-likeness (QED) is 0.341. The smallest absolute Gasteiger partial charge is 0.107 e. The van der Waals surface area contributed by atoms with Gasteiger partial charge in [0.1, 0.15) is 5.52 Å². The summed E-state index contributed by atoms with van der Waals surface area (Å²) in [5.74, 6) is 0. The lowest BCUT2D eigenvalue weighted by molar-refractivity contribution is 0.693. The van der Waals surface area contributed by atoms with Crippen LogP contribution in [0.4, 0.5) is 0 Å². The van der Waals surface area contributed by atoms with Crippen molar-refractivity contribution >= 4 is 32.9 Å². The maximum absolute atomic E-state index is 11.5. The number of aromatic nitrogens is 2. The second-order valence-corrected chi connectivity index (χ2v) is 5.13. The Kier molecular flexibility index (Phi) is 1.38. The van der Waals surface area contributed by atoms with Crippen molar-refractivity contribution in [2.75, 3.05) is 0 Å². The third-order valence-corrected chi connectivity index (χ3v) is 4.09. The molecular formula is C12H6N2OS. The van der Waals surface area contributed by atoms with E-state index in [1.54, 1.807) is 0 Å². The molecule has 1 aliphatic rings. The summed E-state index contributed by atoms with van der Waals surface area (Å²) in [6, 6.07) is 11.5. The fourth-order valence-electron chi connectivity index (χ4n) is 1.94. The van der Waals surface area contributed by atoms with Crippen molar-refractivity contribution in [3.8, 4) is 0 Å². The second-order valence-electron chi connectivity index (χ2n) is 3.74. The topological polar surface area (TPSA) is 42.9 Å². The first kappa shape index (κ1) is 8.35. The van der Waals surface area contributed by atoms with Gasteiger partial charge in [0.2, 0.25) is 0 Å². The Morgan fingerprint density at radius 2 is 1.62 bits per heavy atom. The van der Waals surface area contributed by atoms with Crippen LogP contribution in [0.15, 0.2) is 46.2 Å². The van der Waals surface area contributed by atoms with E-state index in [-0.39, 0.29) is 0 Å². The summed E-state index contributed by atoms with van der Waals surface area (Å²) in [5.41, 5.74) is 3.34. The number of benzene rings is 2. The summed E-state index contributed by atoms with van der Waals surface area (Å²) < 4.78 is 11.5. The molecule has 0 radical (unpaired) electrons. The molecule has 2 heterocycles. The molecule has 3 nitrogen and oxygen atoms in total. The van der Waals surface area contributed by atoms with E-state index in [9.17, 15) is 4.21 Å². The molecule has 1 aliphatic heterocycles. The Hall–Kier alpha value is -1.81. The molecule has 0 N–H and O–H groups in total. The van der Waals surface area contributed by atoms with Crippen LogP contribution >= 0.6 is 0 Å². The molecule has 4 rings (SSSR count). The lowest BCUT2D eigenvalue weighted by Gasteiger charge is -1.98. The average Bonchev–Trinajstić information content (AvgIpc) is 2.98. The van der Waals surface area contributed by atoms with Crippen LogP contribution in [0.5, 0.6) is 0 Å². The lowest BCUT2D eigenvalue weighted by Crippen LogP contribution is -1.85. The first-order valence-electron chi connectivity index (χ1n) is 4.96. The van der Waals surface area contributed by atoms with E-state index in [0.29, 0.717) is 0 Å². The monoisotopic (exact) mass is 226 g/mol. The molecule has 16 heavy (non-hydrogen) atoms. The summed E-state index contributed by atoms with van der Waals surface area (Å²) in [6.07, 6.45) is 0. The van der Waals surface area contributed by atoms with E-state index in [2.05, 4.69) is 9.97 Å². The lowest BCUT2D eigenvalue weighted by atomic mass is 10.2. The molecule has 76 valence electrons. The van der Waals surface area contributed by atoms with Gasteiger partial charge in [0, 0.05) is 0 Å². The molecular weight excluding hydrogens is 220 g/mol. The van der Waals surface area contributed by atoms with Gasteiger partial charge in [-0.25, -0.2) is 14.2 Å². The largest absolute Gasteiger partial charge is 0.249 e. The zero-order chi connectivity index (χ0) is 10.7. The van der Waals surface area contributed by atoms with Gasteiger partial charge in [0.25, 0.3) is 0 Å². The second kappa shape index (κ2) is 2.65. The third-order valence-electron chi connectivity index (χ3n) is 2.77. The van der Waals surface area contributed by atoms with Gasteiger partial charge < -0.3 is 0 Å².